The van der Waals surface area contributed by atoms with Crippen molar-refractivity contribution >= 4 is 5.91 Å². The number of nitrogens with zero attached hydrogens (tertiary/aromatic N) is 4. The third kappa shape index (κ3) is 4.22. The Kier molecular flexibility index (Phi) is 5.43. The van der Waals surface area contributed by atoms with Crippen molar-refractivity contribution in [3.8, 4) is 0 Å². The fourth-order valence-electron chi connectivity index (χ4n) is 3.25. The largest absolute Gasteiger partial charge is 0.340 e. The van der Waals surface area contributed by atoms with Crippen LogP contribution in [0.4, 0.5) is 4.39 Å². The Morgan fingerprint density at radius 3 is 2.92 bits per heavy atom. The summed E-state index contributed by atoms with van der Waals surface area (Å²) >= 11 is 0. The van der Waals surface area contributed by atoms with Gasteiger partial charge in [0, 0.05) is 19.2 Å². The number of hydrogen-bond acceptors (Lipinski definition) is 4. The number of likely N-dealkylation sites (N-methyl/N-ethyl adjacent to an activating group) is 1. The van der Waals surface area contributed by atoms with Crippen molar-refractivity contribution in [3.63, 3.8) is 0 Å². The average Bonchev–Trinajstić information content (AvgIpc) is 3.03. The van der Waals surface area contributed by atoms with Crippen LogP contribution in [0.25, 0.3) is 0 Å². The van der Waals surface area contributed by atoms with Crippen LogP contribution in [0.3, 0.4) is 0 Å². The molecule has 7 heteroatoms. The molecule has 0 bridgehead atoms. The summed E-state index contributed by atoms with van der Waals surface area (Å²) in [5.74, 6) is 1.22. The molecule has 1 aliphatic rings. The summed E-state index contributed by atoms with van der Waals surface area (Å²) in [5.41, 5.74) is 0.526. The highest BCUT2D eigenvalue weighted by Crippen LogP contribution is 2.28. The third-order valence-corrected chi connectivity index (χ3v) is 4.66. The standard InChI is InChI=1S/C18H24FN5O/c1-13-20-18(22-21-13)16-9-5-6-10-24(16)12-17(25)23(2)11-14-7-3-4-8-15(14)19/h3-4,7-8,16H,5-6,9-12H2,1-2H3,(H,20,21,22). The lowest BCUT2D eigenvalue weighted by molar-refractivity contribution is -0.132. The second-order valence-corrected chi connectivity index (χ2v) is 6.60. The Morgan fingerprint density at radius 1 is 1.40 bits per heavy atom. The summed E-state index contributed by atoms with van der Waals surface area (Å²) in [6, 6.07) is 6.62. The summed E-state index contributed by atoms with van der Waals surface area (Å²) in [7, 11) is 1.71. The van der Waals surface area contributed by atoms with Gasteiger partial charge in [-0.25, -0.2) is 9.37 Å². The van der Waals surface area contributed by atoms with Crippen LogP contribution in [-0.4, -0.2) is 51.0 Å². The van der Waals surface area contributed by atoms with Crippen LogP contribution in [0.5, 0.6) is 0 Å². The molecule has 1 N–H and O–H groups in total. The van der Waals surface area contributed by atoms with Gasteiger partial charge in [-0.1, -0.05) is 24.6 Å². The number of hydrogen-bond donors (Lipinski definition) is 1. The summed E-state index contributed by atoms with van der Waals surface area (Å²) in [5, 5.41) is 7.15. The molecule has 0 saturated carbocycles. The second-order valence-electron chi connectivity index (χ2n) is 6.60. The normalized spacial score (nSPS) is 18.3. The van der Waals surface area contributed by atoms with Crippen molar-refractivity contribution in [2.75, 3.05) is 20.1 Å². The lowest BCUT2D eigenvalue weighted by Gasteiger charge is -2.34. The Labute approximate surface area is 147 Å². The minimum atomic E-state index is -0.283. The molecule has 1 aliphatic heterocycles. The van der Waals surface area contributed by atoms with Crippen molar-refractivity contribution in [1.29, 1.82) is 0 Å². The number of benzene rings is 1. The molecule has 134 valence electrons. The molecular formula is C18H24FN5O. The number of aryl methyl sites for hydroxylation is 1. The molecule has 2 heterocycles. The number of H-pyrrole nitrogens is 1. The van der Waals surface area contributed by atoms with Crippen LogP contribution in [0.2, 0.25) is 0 Å². The molecule has 1 aromatic carbocycles. The SMILES string of the molecule is Cc1nc(C2CCCCN2CC(=O)N(C)Cc2ccccc2F)n[nH]1. The van der Waals surface area contributed by atoms with Crippen molar-refractivity contribution in [2.45, 2.75) is 38.8 Å². The summed E-state index contributed by atoms with van der Waals surface area (Å²) < 4.78 is 13.8. The highest BCUT2D eigenvalue weighted by molar-refractivity contribution is 5.78. The smallest absolute Gasteiger partial charge is 0.236 e. The first-order valence-corrected chi connectivity index (χ1v) is 8.65. The van der Waals surface area contributed by atoms with Crippen molar-refractivity contribution in [2.24, 2.45) is 0 Å². The predicted octanol–water partition coefficient (Wildman–Crippen LogP) is 2.44. The molecule has 2 aromatic rings. The summed E-state index contributed by atoms with van der Waals surface area (Å²) in [4.78, 5) is 20.8. The maximum atomic E-state index is 13.8. The fraction of sp³-hybridized carbons (Fsp3) is 0.500. The van der Waals surface area contributed by atoms with E-state index in [4.69, 9.17) is 0 Å². The van der Waals surface area contributed by atoms with Gasteiger partial charge < -0.3 is 4.90 Å². The number of aromatic amines is 1. The Morgan fingerprint density at radius 2 is 2.20 bits per heavy atom. The maximum Gasteiger partial charge on any atom is 0.236 e. The van der Waals surface area contributed by atoms with Crippen LogP contribution in [-0.2, 0) is 11.3 Å². The van der Waals surface area contributed by atoms with Gasteiger partial charge in [-0.05, 0) is 32.4 Å². The first-order valence-electron chi connectivity index (χ1n) is 8.65. The van der Waals surface area contributed by atoms with E-state index in [0.717, 1.165) is 37.5 Å². The highest BCUT2D eigenvalue weighted by Gasteiger charge is 2.29. The Bertz CT molecular complexity index is 732. The van der Waals surface area contributed by atoms with Crippen LogP contribution in [0.15, 0.2) is 24.3 Å². The molecule has 1 unspecified atom stereocenters. The minimum absolute atomic E-state index is 0.0255. The molecule has 1 fully saturated rings. The molecular weight excluding hydrogens is 321 g/mol. The quantitative estimate of drug-likeness (QED) is 0.904. The number of carbonyl (C=O) groups excluding carboxylic acids is 1. The number of aromatic nitrogens is 3. The zero-order valence-electron chi connectivity index (χ0n) is 14.7. The molecule has 3 rings (SSSR count). The number of rotatable bonds is 5. The molecule has 1 atom stereocenters. The van der Waals surface area contributed by atoms with E-state index >= 15 is 0 Å². The average molecular weight is 345 g/mol. The molecule has 1 saturated heterocycles. The van der Waals surface area contributed by atoms with E-state index in [2.05, 4.69) is 20.1 Å². The molecule has 1 amide bonds. The zero-order valence-corrected chi connectivity index (χ0v) is 14.7. The number of likely N-dealkylation sites (tertiary alicyclic amines) is 1. The van der Waals surface area contributed by atoms with E-state index < -0.39 is 0 Å². The van der Waals surface area contributed by atoms with E-state index in [0.29, 0.717) is 12.1 Å². The van der Waals surface area contributed by atoms with E-state index in [-0.39, 0.29) is 24.3 Å². The number of nitrogens with one attached hydrogen (secondary N) is 1. The number of amides is 1. The molecule has 0 spiro atoms. The van der Waals surface area contributed by atoms with Gasteiger partial charge in [-0.15, -0.1) is 0 Å². The molecule has 0 aliphatic carbocycles. The minimum Gasteiger partial charge on any atom is -0.340 e. The van der Waals surface area contributed by atoms with Crippen molar-refractivity contribution in [1.82, 2.24) is 25.0 Å². The monoisotopic (exact) mass is 345 g/mol. The van der Waals surface area contributed by atoms with Gasteiger partial charge in [-0.3, -0.25) is 14.8 Å². The van der Waals surface area contributed by atoms with Crippen LogP contribution in [0, 0.1) is 12.7 Å². The van der Waals surface area contributed by atoms with Gasteiger partial charge in [0.25, 0.3) is 0 Å². The summed E-state index contributed by atoms with van der Waals surface area (Å²) in [6.07, 6.45) is 3.11. The number of carbonyl (C=O) groups is 1. The van der Waals surface area contributed by atoms with Gasteiger partial charge in [-0.2, -0.15) is 5.10 Å². The first-order chi connectivity index (χ1) is 12.0. The van der Waals surface area contributed by atoms with Gasteiger partial charge in [0.2, 0.25) is 5.91 Å². The lowest BCUT2D eigenvalue weighted by atomic mass is 10.0. The fourth-order valence-corrected chi connectivity index (χ4v) is 3.25. The lowest BCUT2D eigenvalue weighted by Crippen LogP contribution is -2.42. The van der Waals surface area contributed by atoms with Gasteiger partial charge in [0.1, 0.15) is 11.6 Å². The molecule has 1 aromatic heterocycles. The van der Waals surface area contributed by atoms with E-state index in [1.165, 1.54) is 6.07 Å². The van der Waals surface area contributed by atoms with E-state index in [1.807, 2.05) is 6.92 Å². The number of piperidine rings is 1. The highest BCUT2D eigenvalue weighted by atomic mass is 19.1. The van der Waals surface area contributed by atoms with Gasteiger partial charge >= 0.3 is 0 Å². The second kappa shape index (κ2) is 7.74. The molecule has 0 radical (unpaired) electrons. The van der Waals surface area contributed by atoms with E-state index in [9.17, 15) is 9.18 Å². The van der Waals surface area contributed by atoms with E-state index in [1.54, 1.807) is 30.1 Å². The van der Waals surface area contributed by atoms with Gasteiger partial charge in [0.15, 0.2) is 5.82 Å². The van der Waals surface area contributed by atoms with Crippen LogP contribution >= 0.6 is 0 Å². The zero-order chi connectivity index (χ0) is 17.8. The topological polar surface area (TPSA) is 65.1 Å². The van der Waals surface area contributed by atoms with Crippen LogP contribution < -0.4 is 0 Å². The number of halogens is 1. The van der Waals surface area contributed by atoms with Crippen molar-refractivity contribution in [3.05, 3.63) is 47.3 Å². The third-order valence-electron chi connectivity index (χ3n) is 4.66. The Balaban J connectivity index is 1.64. The van der Waals surface area contributed by atoms with Crippen LogP contribution in [0.1, 0.15) is 42.5 Å². The maximum absolute atomic E-state index is 13.8. The molecule has 25 heavy (non-hydrogen) atoms. The van der Waals surface area contributed by atoms with Gasteiger partial charge in [0.05, 0.1) is 12.6 Å². The summed E-state index contributed by atoms with van der Waals surface area (Å²) in [6.45, 7) is 3.28. The molecule has 6 nitrogen and oxygen atoms in total. The predicted molar refractivity (Wildman–Crippen MR) is 92.2 cm³/mol. The first kappa shape index (κ1) is 17.5. The van der Waals surface area contributed by atoms with Crippen molar-refractivity contribution < 1.29 is 9.18 Å². The Hall–Kier alpha value is -2.28.